The standard InChI is InChI=1S/C48H52O10/c1-34-43(52-29-35-18-8-3-9-19-35)40(57-47(49)39-26-16-7-17-27-39)28-42(56-34)51-33-41-44(53-30-36-20-10-4-11-21-36)45(54-31-37-22-12-5-13-23-37)46(48(50-2)58-41)55-32-38-24-14-6-15-25-38/h3-27,34,40-46,48H,28-33H2,1-2H3/t34-,40-,41-,42-,43-,44-,45+,46-,48+/m1/s1. The number of carbonyl (C=O) groups is 1. The van der Waals surface area contributed by atoms with E-state index in [9.17, 15) is 4.79 Å². The molecule has 10 nitrogen and oxygen atoms in total. The molecule has 0 amide bonds. The summed E-state index contributed by atoms with van der Waals surface area (Å²) < 4.78 is 58.2. The van der Waals surface area contributed by atoms with Crippen molar-refractivity contribution in [3.63, 3.8) is 0 Å². The molecule has 58 heavy (non-hydrogen) atoms. The highest BCUT2D eigenvalue weighted by atomic mass is 16.7. The smallest absolute Gasteiger partial charge is 0.338 e. The summed E-state index contributed by atoms with van der Waals surface area (Å²) in [5, 5.41) is 0. The summed E-state index contributed by atoms with van der Waals surface area (Å²) >= 11 is 0. The van der Waals surface area contributed by atoms with Gasteiger partial charge in [0.1, 0.15) is 36.6 Å². The summed E-state index contributed by atoms with van der Waals surface area (Å²) in [5.74, 6) is -0.445. The predicted molar refractivity (Wildman–Crippen MR) is 216 cm³/mol. The van der Waals surface area contributed by atoms with E-state index in [1.165, 1.54) is 0 Å². The lowest BCUT2D eigenvalue weighted by Gasteiger charge is -2.46. The minimum atomic E-state index is -0.809. The second-order valence-corrected chi connectivity index (χ2v) is 14.5. The Kier molecular flexibility index (Phi) is 15.2. The van der Waals surface area contributed by atoms with Crippen LogP contribution in [-0.4, -0.2) is 75.0 Å². The molecular formula is C48H52O10. The van der Waals surface area contributed by atoms with E-state index < -0.39 is 61.3 Å². The molecule has 0 saturated carbocycles. The molecule has 0 aromatic heterocycles. The van der Waals surface area contributed by atoms with Gasteiger partial charge in [-0.2, -0.15) is 0 Å². The van der Waals surface area contributed by atoms with Crippen molar-refractivity contribution in [1.29, 1.82) is 0 Å². The molecule has 0 unspecified atom stereocenters. The first kappa shape index (κ1) is 41.4. The van der Waals surface area contributed by atoms with Gasteiger partial charge < -0.3 is 42.6 Å². The molecule has 0 N–H and O–H groups in total. The number of ether oxygens (including phenoxy) is 9. The summed E-state index contributed by atoms with van der Waals surface area (Å²) in [6.07, 6.45) is -5.60. The zero-order chi connectivity index (χ0) is 39.9. The molecule has 10 heteroatoms. The van der Waals surface area contributed by atoms with E-state index in [-0.39, 0.29) is 13.0 Å². The summed E-state index contributed by atoms with van der Waals surface area (Å²) in [6, 6.07) is 48.7. The fraction of sp³-hybridized carbons (Fsp3) is 0.354. The van der Waals surface area contributed by atoms with Gasteiger partial charge in [-0.05, 0) is 41.3 Å². The third kappa shape index (κ3) is 11.5. The van der Waals surface area contributed by atoms with Crippen LogP contribution in [0.1, 0.15) is 46.0 Å². The average Bonchev–Trinajstić information content (AvgIpc) is 3.27. The van der Waals surface area contributed by atoms with Gasteiger partial charge in [-0.3, -0.25) is 0 Å². The van der Waals surface area contributed by atoms with Gasteiger partial charge in [0.15, 0.2) is 12.6 Å². The SMILES string of the molecule is CO[C@H]1O[C@H](CO[C@H]2C[C@@H](OC(=O)c3ccccc3)[C@H](OCc3ccccc3)[C@@H](C)O2)[C@@H](OCc2ccccc2)[C@H](OCc2ccccc2)[C@H]1OCc1ccccc1. The Labute approximate surface area is 340 Å². The topological polar surface area (TPSA) is 100 Å². The Bertz CT molecular complexity index is 1920. The van der Waals surface area contributed by atoms with Crippen LogP contribution < -0.4 is 0 Å². The molecule has 9 atom stereocenters. The van der Waals surface area contributed by atoms with E-state index in [0.29, 0.717) is 32.0 Å². The van der Waals surface area contributed by atoms with Gasteiger partial charge >= 0.3 is 5.97 Å². The summed E-state index contributed by atoms with van der Waals surface area (Å²) in [5.41, 5.74) is 4.45. The second kappa shape index (κ2) is 21.3. The molecule has 2 heterocycles. The molecule has 0 radical (unpaired) electrons. The van der Waals surface area contributed by atoms with Crippen molar-refractivity contribution in [3.8, 4) is 0 Å². The minimum Gasteiger partial charge on any atom is -0.456 e. The number of carbonyl (C=O) groups excluding carboxylic acids is 1. The Balaban J connectivity index is 1.11. The van der Waals surface area contributed by atoms with Gasteiger partial charge in [-0.1, -0.05) is 140 Å². The second-order valence-electron chi connectivity index (χ2n) is 14.5. The van der Waals surface area contributed by atoms with Crippen LogP contribution in [0.4, 0.5) is 0 Å². The van der Waals surface area contributed by atoms with E-state index >= 15 is 0 Å². The maximum absolute atomic E-state index is 13.4. The largest absolute Gasteiger partial charge is 0.456 e. The lowest BCUT2D eigenvalue weighted by molar-refractivity contribution is -0.332. The zero-order valence-corrected chi connectivity index (χ0v) is 33.0. The lowest BCUT2D eigenvalue weighted by atomic mass is 9.97. The molecule has 2 fully saturated rings. The average molecular weight is 789 g/mol. The zero-order valence-electron chi connectivity index (χ0n) is 33.0. The van der Waals surface area contributed by atoms with Crippen LogP contribution in [0.2, 0.25) is 0 Å². The van der Waals surface area contributed by atoms with Gasteiger partial charge in [0.05, 0.1) is 44.7 Å². The van der Waals surface area contributed by atoms with Gasteiger partial charge in [-0.25, -0.2) is 4.79 Å². The molecule has 2 saturated heterocycles. The molecule has 7 rings (SSSR count). The molecular weight excluding hydrogens is 737 g/mol. The van der Waals surface area contributed by atoms with Crippen molar-refractivity contribution in [3.05, 3.63) is 179 Å². The Morgan fingerprint density at radius 1 is 0.534 bits per heavy atom. The minimum absolute atomic E-state index is 0.0577. The molecule has 2 aliphatic rings. The van der Waals surface area contributed by atoms with Crippen LogP contribution in [0, 0.1) is 0 Å². The lowest BCUT2D eigenvalue weighted by Crippen LogP contribution is -2.62. The number of benzene rings is 5. The van der Waals surface area contributed by atoms with Crippen LogP contribution >= 0.6 is 0 Å². The van der Waals surface area contributed by atoms with Crippen LogP contribution in [0.15, 0.2) is 152 Å². The Morgan fingerprint density at radius 2 is 0.966 bits per heavy atom. The highest BCUT2D eigenvalue weighted by Gasteiger charge is 2.49. The molecule has 0 spiro atoms. The van der Waals surface area contributed by atoms with E-state index in [4.69, 9.17) is 42.6 Å². The maximum Gasteiger partial charge on any atom is 0.338 e. The number of methoxy groups -OCH3 is 1. The Morgan fingerprint density at radius 3 is 1.45 bits per heavy atom. The molecule has 5 aromatic carbocycles. The van der Waals surface area contributed by atoms with Crippen LogP contribution in [0.25, 0.3) is 0 Å². The normalized spacial score (nSPS) is 25.9. The van der Waals surface area contributed by atoms with E-state index in [1.807, 2.05) is 134 Å². The van der Waals surface area contributed by atoms with Gasteiger partial charge in [-0.15, -0.1) is 0 Å². The highest BCUT2D eigenvalue weighted by Crippen LogP contribution is 2.33. The molecule has 304 valence electrons. The van der Waals surface area contributed by atoms with Crippen LogP contribution in [0.3, 0.4) is 0 Å². The van der Waals surface area contributed by atoms with E-state index in [1.54, 1.807) is 31.4 Å². The molecule has 2 aliphatic heterocycles. The predicted octanol–water partition coefficient (Wildman–Crippen LogP) is 8.08. The van der Waals surface area contributed by atoms with Crippen molar-refractivity contribution in [2.45, 2.75) is 95.1 Å². The fourth-order valence-corrected chi connectivity index (χ4v) is 7.28. The van der Waals surface area contributed by atoms with Crippen molar-refractivity contribution in [2.75, 3.05) is 13.7 Å². The van der Waals surface area contributed by atoms with Crippen molar-refractivity contribution in [2.24, 2.45) is 0 Å². The first-order chi connectivity index (χ1) is 28.5. The van der Waals surface area contributed by atoms with E-state index in [2.05, 4.69) is 0 Å². The molecule has 0 aliphatic carbocycles. The highest BCUT2D eigenvalue weighted by molar-refractivity contribution is 5.89. The molecule has 5 aromatic rings. The summed E-state index contributed by atoms with van der Waals surface area (Å²) in [7, 11) is 1.59. The Hall–Kier alpha value is -4.75. The van der Waals surface area contributed by atoms with Crippen molar-refractivity contribution in [1.82, 2.24) is 0 Å². The number of hydrogen-bond acceptors (Lipinski definition) is 10. The number of esters is 1. The third-order valence-electron chi connectivity index (χ3n) is 10.3. The first-order valence-electron chi connectivity index (χ1n) is 19.9. The fourth-order valence-electron chi connectivity index (χ4n) is 7.28. The van der Waals surface area contributed by atoms with Gasteiger partial charge in [0, 0.05) is 13.5 Å². The first-order valence-corrected chi connectivity index (χ1v) is 19.9. The summed E-state index contributed by atoms with van der Waals surface area (Å²) in [6.45, 7) is 3.22. The number of hydrogen-bond donors (Lipinski definition) is 0. The molecule has 0 bridgehead atoms. The van der Waals surface area contributed by atoms with Crippen LogP contribution in [0.5, 0.6) is 0 Å². The summed E-state index contributed by atoms with van der Waals surface area (Å²) in [4.78, 5) is 13.4. The van der Waals surface area contributed by atoms with Crippen molar-refractivity contribution < 1.29 is 47.4 Å². The van der Waals surface area contributed by atoms with Crippen LogP contribution in [-0.2, 0) is 69.1 Å². The third-order valence-corrected chi connectivity index (χ3v) is 10.3. The maximum atomic E-state index is 13.4. The monoisotopic (exact) mass is 788 g/mol. The number of rotatable bonds is 18. The van der Waals surface area contributed by atoms with Gasteiger partial charge in [0.2, 0.25) is 0 Å². The van der Waals surface area contributed by atoms with Crippen molar-refractivity contribution >= 4 is 5.97 Å². The van der Waals surface area contributed by atoms with Gasteiger partial charge in [0.25, 0.3) is 0 Å². The quantitative estimate of drug-likeness (QED) is 0.0811. The van der Waals surface area contributed by atoms with E-state index in [0.717, 1.165) is 22.3 Å².